The lowest BCUT2D eigenvalue weighted by Crippen LogP contribution is -2.09. The number of hydrogen-bond acceptors (Lipinski definition) is 3. The molecule has 1 unspecified atom stereocenters. The fraction of sp³-hybridized carbons (Fsp3) is 0.0769. The van der Waals surface area contributed by atoms with Crippen molar-refractivity contribution in [3.63, 3.8) is 0 Å². The van der Waals surface area contributed by atoms with Crippen molar-refractivity contribution in [2.45, 2.75) is 6.04 Å². The zero-order valence-corrected chi connectivity index (χ0v) is 9.93. The van der Waals surface area contributed by atoms with Crippen LogP contribution in [0, 0.1) is 0 Å². The lowest BCUT2D eigenvalue weighted by Gasteiger charge is -2.08. The first-order valence-corrected chi connectivity index (χ1v) is 5.56. The normalized spacial score (nSPS) is 12.1. The van der Waals surface area contributed by atoms with Crippen molar-refractivity contribution < 1.29 is 0 Å². The average molecular weight is 246 g/mol. The predicted octanol–water partition coefficient (Wildman–Crippen LogP) is 2.98. The SMILES string of the molecule is C=CC(N)c1cc(-c2ccccc2)nc(Cl)n1. The lowest BCUT2D eigenvalue weighted by molar-refractivity contribution is 0.854. The van der Waals surface area contributed by atoms with E-state index in [2.05, 4.69) is 16.5 Å². The van der Waals surface area contributed by atoms with Crippen LogP contribution in [0.5, 0.6) is 0 Å². The molecule has 0 aliphatic carbocycles. The second-order valence-electron chi connectivity index (χ2n) is 3.57. The van der Waals surface area contributed by atoms with Gasteiger partial charge in [0, 0.05) is 5.56 Å². The molecule has 3 nitrogen and oxygen atoms in total. The molecule has 86 valence electrons. The van der Waals surface area contributed by atoms with Gasteiger partial charge in [-0.15, -0.1) is 6.58 Å². The number of nitrogens with two attached hydrogens (primary N) is 1. The molecule has 0 amide bonds. The van der Waals surface area contributed by atoms with Crippen LogP contribution >= 0.6 is 11.6 Å². The third kappa shape index (κ3) is 2.70. The first-order chi connectivity index (χ1) is 8.20. The first-order valence-electron chi connectivity index (χ1n) is 5.19. The van der Waals surface area contributed by atoms with Crippen molar-refractivity contribution in [2.75, 3.05) is 0 Å². The Labute approximate surface area is 105 Å². The number of halogens is 1. The lowest BCUT2D eigenvalue weighted by atomic mass is 10.1. The van der Waals surface area contributed by atoms with Gasteiger partial charge < -0.3 is 5.73 Å². The summed E-state index contributed by atoms with van der Waals surface area (Å²) in [5.41, 5.74) is 8.25. The third-order valence-corrected chi connectivity index (χ3v) is 2.55. The largest absolute Gasteiger partial charge is 0.319 e. The third-order valence-electron chi connectivity index (χ3n) is 2.38. The molecule has 0 aliphatic rings. The molecule has 0 saturated heterocycles. The summed E-state index contributed by atoms with van der Waals surface area (Å²) in [5.74, 6) is 0. The van der Waals surface area contributed by atoms with Crippen LogP contribution in [0.1, 0.15) is 11.7 Å². The van der Waals surface area contributed by atoms with Gasteiger partial charge in [-0.25, -0.2) is 9.97 Å². The highest BCUT2D eigenvalue weighted by molar-refractivity contribution is 6.28. The maximum Gasteiger partial charge on any atom is 0.223 e. The number of rotatable bonds is 3. The summed E-state index contributed by atoms with van der Waals surface area (Å²) in [6, 6.07) is 11.2. The van der Waals surface area contributed by atoms with E-state index in [4.69, 9.17) is 17.3 Å². The summed E-state index contributed by atoms with van der Waals surface area (Å²) in [5, 5.41) is 0.193. The Morgan fingerprint density at radius 3 is 2.59 bits per heavy atom. The minimum Gasteiger partial charge on any atom is -0.319 e. The average Bonchev–Trinajstić information content (AvgIpc) is 2.38. The minimum absolute atomic E-state index is 0.193. The number of benzene rings is 1. The molecular weight excluding hydrogens is 234 g/mol. The van der Waals surface area contributed by atoms with E-state index in [-0.39, 0.29) is 11.3 Å². The maximum atomic E-state index is 5.89. The van der Waals surface area contributed by atoms with Crippen LogP contribution in [0.2, 0.25) is 5.28 Å². The summed E-state index contributed by atoms with van der Waals surface area (Å²) < 4.78 is 0. The Morgan fingerprint density at radius 1 is 1.24 bits per heavy atom. The van der Waals surface area contributed by atoms with Crippen molar-refractivity contribution in [3.05, 3.63) is 60.0 Å². The van der Waals surface area contributed by atoms with Gasteiger partial charge in [0.15, 0.2) is 0 Å². The van der Waals surface area contributed by atoms with Crippen LogP contribution in [0.3, 0.4) is 0 Å². The molecule has 0 bridgehead atoms. The Kier molecular flexibility index (Phi) is 3.52. The molecular formula is C13H12ClN3. The highest BCUT2D eigenvalue weighted by Gasteiger charge is 2.08. The van der Waals surface area contributed by atoms with Crippen LogP contribution < -0.4 is 5.73 Å². The van der Waals surface area contributed by atoms with Crippen LogP contribution in [0.15, 0.2) is 49.1 Å². The van der Waals surface area contributed by atoms with E-state index in [1.807, 2.05) is 36.4 Å². The highest BCUT2D eigenvalue weighted by Crippen LogP contribution is 2.21. The Hall–Kier alpha value is -1.71. The molecule has 1 aromatic heterocycles. The smallest absolute Gasteiger partial charge is 0.223 e. The van der Waals surface area contributed by atoms with Gasteiger partial charge in [-0.1, -0.05) is 36.4 Å². The zero-order chi connectivity index (χ0) is 12.3. The van der Waals surface area contributed by atoms with Gasteiger partial charge in [0.05, 0.1) is 17.4 Å². The topological polar surface area (TPSA) is 51.8 Å². The first kappa shape index (κ1) is 11.8. The van der Waals surface area contributed by atoms with Crippen LogP contribution in [0.25, 0.3) is 11.3 Å². The van der Waals surface area contributed by atoms with E-state index in [0.29, 0.717) is 5.69 Å². The fourth-order valence-corrected chi connectivity index (χ4v) is 1.67. The number of aromatic nitrogens is 2. The van der Waals surface area contributed by atoms with E-state index in [0.717, 1.165) is 11.3 Å². The van der Waals surface area contributed by atoms with Crippen molar-refractivity contribution in [3.8, 4) is 11.3 Å². The molecule has 0 saturated carbocycles. The van der Waals surface area contributed by atoms with Gasteiger partial charge in [-0.05, 0) is 17.7 Å². The summed E-state index contributed by atoms with van der Waals surface area (Å²) in [7, 11) is 0. The molecule has 2 rings (SSSR count). The van der Waals surface area contributed by atoms with E-state index in [1.165, 1.54) is 0 Å². The van der Waals surface area contributed by atoms with Gasteiger partial charge in [-0.3, -0.25) is 0 Å². The summed E-state index contributed by atoms with van der Waals surface area (Å²) in [6.07, 6.45) is 1.62. The maximum absolute atomic E-state index is 5.89. The van der Waals surface area contributed by atoms with Crippen molar-refractivity contribution in [1.29, 1.82) is 0 Å². The summed E-state index contributed by atoms with van der Waals surface area (Å²) in [6.45, 7) is 3.64. The Balaban J connectivity index is 2.49. The van der Waals surface area contributed by atoms with Gasteiger partial charge in [-0.2, -0.15) is 0 Å². The molecule has 4 heteroatoms. The van der Waals surface area contributed by atoms with Crippen molar-refractivity contribution in [2.24, 2.45) is 5.73 Å². The zero-order valence-electron chi connectivity index (χ0n) is 9.18. The van der Waals surface area contributed by atoms with Crippen LogP contribution in [0.4, 0.5) is 0 Å². The molecule has 0 aliphatic heterocycles. The van der Waals surface area contributed by atoms with Gasteiger partial charge in [0.2, 0.25) is 5.28 Å². The molecule has 0 radical (unpaired) electrons. The Bertz CT molecular complexity index is 525. The van der Waals surface area contributed by atoms with Crippen LogP contribution in [-0.4, -0.2) is 9.97 Å². The molecule has 17 heavy (non-hydrogen) atoms. The van der Waals surface area contributed by atoms with E-state index < -0.39 is 0 Å². The van der Waals surface area contributed by atoms with Gasteiger partial charge >= 0.3 is 0 Å². The highest BCUT2D eigenvalue weighted by atomic mass is 35.5. The second kappa shape index (κ2) is 5.08. The van der Waals surface area contributed by atoms with Gasteiger partial charge in [0.25, 0.3) is 0 Å². The molecule has 1 atom stereocenters. The van der Waals surface area contributed by atoms with E-state index >= 15 is 0 Å². The van der Waals surface area contributed by atoms with Crippen molar-refractivity contribution in [1.82, 2.24) is 9.97 Å². The molecule has 2 N–H and O–H groups in total. The monoisotopic (exact) mass is 245 g/mol. The molecule has 0 fully saturated rings. The van der Waals surface area contributed by atoms with Gasteiger partial charge in [0.1, 0.15) is 0 Å². The fourth-order valence-electron chi connectivity index (χ4n) is 1.48. The quantitative estimate of drug-likeness (QED) is 0.668. The van der Waals surface area contributed by atoms with Crippen LogP contribution in [-0.2, 0) is 0 Å². The molecule has 1 heterocycles. The number of nitrogens with zero attached hydrogens (tertiary/aromatic N) is 2. The summed E-state index contributed by atoms with van der Waals surface area (Å²) >= 11 is 5.89. The van der Waals surface area contributed by atoms with E-state index in [1.54, 1.807) is 6.08 Å². The Morgan fingerprint density at radius 2 is 1.94 bits per heavy atom. The number of hydrogen-bond donors (Lipinski definition) is 1. The van der Waals surface area contributed by atoms with E-state index in [9.17, 15) is 0 Å². The minimum atomic E-state index is -0.335. The van der Waals surface area contributed by atoms with Crippen molar-refractivity contribution >= 4 is 11.6 Å². The second-order valence-corrected chi connectivity index (χ2v) is 3.91. The standard InChI is InChI=1S/C13H12ClN3/c1-2-10(15)12-8-11(16-13(14)17-12)9-6-4-3-5-7-9/h2-8,10H,1,15H2. The predicted molar refractivity (Wildman–Crippen MR) is 69.6 cm³/mol. The summed E-state index contributed by atoms with van der Waals surface area (Å²) in [4.78, 5) is 8.27. The molecule has 0 spiro atoms. The molecule has 2 aromatic rings. The molecule has 1 aromatic carbocycles.